The van der Waals surface area contributed by atoms with Gasteiger partial charge in [-0.05, 0) is 49.2 Å². The van der Waals surface area contributed by atoms with Crippen molar-refractivity contribution in [2.75, 3.05) is 5.32 Å². The van der Waals surface area contributed by atoms with Gasteiger partial charge in [0.15, 0.2) is 11.7 Å². The van der Waals surface area contributed by atoms with E-state index < -0.39 is 0 Å². The number of nitrogens with one attached hydrogen (secondary N) is 1. The molecule has 3 heterocycles. The molecule has 5 rings (SSSR count). The Kier molecular flexibility index (Phi) is 5.77. The van der Waals surface area contributed by atoms with Crippen molar-refractivity contribution in [1.82, 2.24) is 14.5 Å². The van der Waals surface area contributed by atoms with Gasteiger partial charge in [0.25, 0.3) is 0 Å². The van der Waals surface area contributed by atoms with E-state index in [0.717, 1.165) is 41.3 Å². The van der Waals surface area contributed by atoms with Gasteiger partial charge in [-0.2, -0.15) is 0 Å². The van der Waals surface area contributed by atoms with Gasteiger partial charge < -0.3 is 14.3 Å². The number of imidazole rings is 1. The Morgan fingerprint density at radius 3 is 2.62 bits per heavy atom. The third kappa shape index (κ3) is 4.60. The summed E-state index contributed by atoms with van der Waals surface area (Å²) < 4.78 is 8.01. The topological polar surface area (TPSA) is 73.0 Å². The highest BCUT2D eigenvalue weighted by Gasteiger charge is 2.14. The van der Waals surface area contributed by atoms with E-state index in [4.69, 9.17) is 21.0 Å². The predicted molar refractivity (Wildman–Crippen MR) is 125 cm³/mol. The number of halogens is 1. The quantitative estimate of drug-likeness (QED) is 0.408. The summed E-state index contributed by atoms with van der Waals surface area (Å²) in [5, 5.41) is 3.60. The average molecular weight is 447 g/mol. The molecule has 0 spiro atoms. The number of nitrogens with zero attached hydrogens (tertiary/aromatic N) is 3. The van der Waals surface area contributed by atoms with Crippen molar-refractivity contribution in [3.05, 3.63) is 77.7 Å². The molecule has 32 heavy (non-hydrogen) atoms. The van der Waals surface area contributed by atoms with Crippen LogP contribution in [0.15, 0.2) is 65.3 Å². The maximum Gasteiger partial charge on any atom is 0.224 e. The Hall–Kier alpha value is -3.38. The molecule has 0 unspecified atom stereocenters. The number of anilines is 1. The van der Waals surface area contributed by atoms with Crippen molar-refractivity contribution in [2.24, 2.45) is 0 Å². The molecule has 4 aromatic rings. The van der Waals surface area contributed by atoms with Gasteiger partial charge in [0.1, 0.15) is 5.82 Å². The van der Waals surface area contributed by atoms with Crippen LogP contribution >= 0.6 is 11.6 Å². The molecule has 0 bridgehead atoms. The zero-order valence-corrected chi connectivity index (χ0v) is 18.3. The number of carbonyl (C=O) groups is 1. The molecule has 0 radical (unpaired) electrons. The minimum Gasteiger partial charge on any atom is -0.441 e. The maximum atomic E-state index is 12.4. The van der Waals surface area contributed by atoms with Crippen LogP contribution in [0, 0.1) is 0 Å². The number of fused-ring (bicyclic) bond motifs is 1. The number of rotatable bonds is 6. The van der Waals surface area contributed by atoms with Gasteiger partial charge in [-0.1, -0.05) is 23.7 Å². The van der Waals surface area contributed by atoms with E-state index >= 15 is 0 Å². The summed E-state index contributed by atoms with van der Waals surface area (Å²) in [4.78, 5) is 21.4. The van der Waals surface area contributed by atoms with E-state index in [1.807, 2.05) is 36.4 Å². The second kappa shape index (κ2) is 9.01. The fraction of sp³-hybridized carbons (Fsp3) is 0.240. The number of hydrogen-bond donors (Lipinski definition) is 1. The van der Waals surface area contributed by atoms with Crippen LogP contribution < -0.4 is 5.32 Å². The van der Waals surface area contributed by atoms with Gasteiger partial charge in [-0.25, -0.2) is 9.97 Å². The summed E-state index contributed by atoms with van der Waals surface area (Å²) in [5.41, 5.74) is 3.70. The number of amides is 1. The van der Waals surface area contributed by atoms with E-state index in [1.165, 1.54) is 12.8 Å². The maximum absolute atomic E-state index is 12.4. The standard InChI is InChI=1S/C25H23ClN4O2/c26-19-8-4-18(5-9-19)22-15-27-25(32-22)13-12-24(31)28-20-10-6-17(7-11-20)21-16-30-14-2-1-3-23(30)29-21/h4-11,15-16H,1-3,12-14H2,(H,28,31). The lowest BCUT2D eigenvalue weighted by molar-refractivity contribution is -0.116. The summed E-state index contributed by atoms with van der Waals surface area (Å²) in [5.74, 6) is 2.27. The second-order valence-electron chi connectivity index (χ2n) is 7.94. The molecule has 162 valence electrons. The SMILES string of the molecule is O=C(CCc1ncc(-c2ccc(Cl)cc2)o1)Nc1ccc(-c2cn3c(n2)CCCC3)cc1. The molecule has 0 saturated carbocycles. The normalized spacial score (nSPS) is 13.0. The Bertz CT molecular complexity index is 1200. The minimum atomic E-state index is -0.0820. The van der Waals surface area contributed by atoms with Crippen LogP contribution in [-0.2, 0) is 24.2 Å². The summed E-state index contributed by atoms with van der Waals surface area (Å²) in [6.07, 6.45) is 7.97. The third-order valence-electron chi connectivity index (χ3n) is 5.62. The molecule has 1 amide bonds. The Morgan fingerprint density at radius 2 is 1.84 bits per heavy atom. The van der Waals surface area contributed by atoms with E-state index in [9.17, 15) is 4.79 Å². The van der Waals surface area contributed by atoms with Crippen molar-refractivity contribution in [2.45, 2.75) is 38.6 Å². The second-order valence-corrected chi connectivity index (χ2v) is 8.38. The first-order valence-electron chi connectivity index (χ1n) is 10.8. The summed E-state index contributed by atoms with van der Waals surface area (Å²) in [6.45, 7) is 1.04. The van der Waals surface area contributed by atoms with Crippen LogP contribution in [0.25, 0.3) is 22.6 Å². The van der Waals surface area contributed by atoms with Crippen LogP contribution in [0.5, 0.6) is 0 Å². The first-order valence-corrected chi connectivity index (χ1v) is 11.2. The number of oxazole rings is 1. The van der Waals surface area contributed by atoms with Gasteiger partial charge >= 0.3 is 0 Å². The number of carbonyl (C=O) groups excluding carboxylic acids is 1. The number of hydrogen-bond acceptors (Lipinski definition) is 4. The Morgan fingerprint density at radius 1 is 1.06 bits per heavy atom. The van der Waals surface area contributed by atoms with Crippen molar-refractivity contribution in [1.29, 1.82) is 0 Å². The molecule has 6 nitrogen and oxygen atoms in total. The van der Waals surface area contributed by atoms with Crippen LogP contribution in [0.4, 0.5) is 5.69 Å². The molecule has 0 fully saturated rings. The van der Waals surface area contributed by atoms with E-state index in [2.05, 4.69) is 21.1 Å². The largest absolute Gasteiger partial charge is 0.441 e. The average Bonchev–Trinajstić information content (AvgIpc) is 3.46. The van der Waals surface area contributed by atoms with Gasteiger partial charge in [0, 0.05) is 53.8 Å². The third-order valence-corrected chi connectivity index (χ3v) is 5.87. The van der Waals surface area contributed by atoms with Crippen LogP contribution in [-0.4, -0.2) is 20.4 Å². The van der Waals surface area contributed by atoms with Crippen LogP contribution in [0.3, 0.4) is 0 Å². The van der Waals surface area contributed by atoms with Crippen LogP contribution in [0.2, 0.25) is 5.02 Å². The fourth-order valence-corrected chi connectivity index (χ4v) is 4.02. The molecule has 7 heteroatoms. The first-order chi connectivity index (χ1) is 15.6. The first kappa shape index (κ1) is 20.5. The molecule has 2 aromatic carbocycles. The zero-order chi connectivity index (χ0) is 21.9. The molecule has 0 saturated heterocycles. The summed E-state index contributed by atoms with van der Waals surface area (Å²) >= 11 is 5.92. The highest BCUT2D eigenvalue weighted by Crippen LogP contribution is 2.25. The smallest absolute Gasteiger partial charge is 0.224 e. The van der Waals surface area contributed by atoms with Gasteiger partial charge in [0.05, 0.1) is 11.9 Å². The Labute approximate surface area is 191 Å². The molecular weight excluding hydrogens is 424 g/mol. The van der Waals surface area contributed by atoms with E-state index in [-0.39, 0.29) is 12.3 Å². The molecule has 1 aliphatic heterocycles. The molecule has 0 atom stereocenters. The molecule has 1 aliphatic rings. The van der Waals surface area contributed by atoms with Crippen molar-refractivity contribution in [3.8, 4) is 22.6 Å². The molecule has 1 N–H and O–H groups in total. The fourth-order valence-electron chi connectivity index (χ4n) is 3.89. The zero-order valence-electron chi connectivity index (χ0n) is 17.6. The summed E-state index contributed by atoms with van der Waals surface area (Å²) in [6, 6.07) is 15.2. The van der Waals surface area contributed by atoms with Gasteiger partial charge in [-0.15, -0.1) is 0 Å². The summed E-state index contributed by atoms with van der Waals surface area (Å²) in [7, 11) is 0. The van der Waals surface area contributed by atoms with Crippen molar-refractivity contribution in [3.63, 3.8) is 0 Å². The monoisotopic (exact) mass is 446 g/mol. The lowest BCUT2D eigenvalue weighted by atomic mass is 10.1. The Balaban J connectivity index is 1.16. The predicted octanol–water partition coefficient (Wildman–Crippen LogP) is 5.77. The molecule has 2 aromatic heterocycles. The lowest BCUT2D eigenvalue weighted by Crippen LogP contribution is -2.12. The number of aryl methyl sites for hydroxylation is 3. The van der Waals surface area contributed by atoms with E-state index in [0.29, 0.717) is 23.1 Å². The van der Waals surface area contributed by atoms with Gasteiger partial charge in [0.2, 0.25) is 5.91 Å². The van der Waals surface area contributed by atoms with Gasteiger partial charge in [-0.3, -0.25) is 4.79 Å². The lowest BCUT2D eigenvalue weighted by Gasteiger charge is -2.11. The van der Waals surface area contributed by atoms with Crippen molar-refractivity contribution >= 4 is 23.2 Å². The molecule has 0 aliphatic carbocycles. The number of benzene rings is 2. The van der Waals surface area contributed by atoms with Crippen LogP contribution in [0.1, 0.15) is 31.0 Å². The van der Waals surface area contributed by atoms with Crippen molar-refractivity contribution < 1.29 is 9.21 Å². The highest BCUT2D eigenvalue weighted by atomic mass is 35.5. The van der Waals surface area contributed by atoms with E-state index in [1.54, 1.807) is 18.3 Å². The minimum absolute atomic E-state index is 0.0820. The highest BCUT2D eigenvalue weighted by molar-refractivity contribution is 6.30. The number of aromatic nitrogens is 3. The molecular formula is C25H23ClN4O2.